The highest BCUT2D eigenvalue weighted by atomic mass is 16.3. The third kappa shape index (κ3) is 2.36. The summed E-state index contributed by atoms with van der Waals surface area (Å²) in [5.74, 6) is 0.279. The molecule has 1 amide bonds. The molecule has 2 aromatic carbocycles. The van der Waals surface area contributed by atoms with E-state index in [1.54, 1.807) is 17.0 Å². The maximum Gasteiger partial charge on any atom is 0.280 e. The summed E-state index contributed by atoms with van der Waals surface area (Å²) in [6, 6.07) is 15.1. The van der Waals surface area contributed by atoms with Crippen molar-refractivity contribution in [3.8, 4) is 11.5 Å². The normalized spacial score (nSPS) is 13.1. The Morgan fingerprint density at radius 2 is 1.91 bits per heavy atom. The number of hydrogen-bond donors (Lipinski definition) is 1. The van der Waals surface area contributed by atoms with E-state index in [9.17, 15) is 4.79 Å². The Morgan fingerprint density at radius 3 is 2.74 bits per heavy atom. The smallest absolute Gasteiger partial charge is 0.280 e. The second-order valence-corrected chi connectivity index (χ2v) is 5.50. The molecule has 0 saturated heterocycles. The van der Waals surface area contributed by atoms with Gasteiger partial charge in [0.15, 0.2) is 5.69 Å². The van der Waals surface area contributed by atoms with E-state index in [0.717, 1.165) is 17.7 Å². The number of carbonyl (C=O) groups is 1. The first kappa shape index (κ1) is 13.6. The van der Waals surface area contributed by atoms with Crippen molar-refractivity contribution in [2.45, 2.75) is 6.42 Å². The van der Waals surface area contributed by atoms with E-state index in [-0.39, 0.29) is 5.91 Å². The summed E-state index contributed by atoms with van der Waals surface area (Å²) in [4.78, 5) is 18.8. The molecule has 2 N–H and O–H groups in total. The molecule has 3 aromatic rings. The zero-order valence-corrected chi connectivity index (χ0v) is 12.4. The summed E-state index contributed by atoms with van der Waals surface area (Å²) in [5.41, 5.74) is 9.59. The van der Waals surface area contributed by atoms with Gasteiger partial charge in [-0.25, -0.2) is 4.98 Å². The van der Waals surface area contributed by atoms with E-state index < -0.39 is 0 Å². The van der Waals surface area contributed by atoms with Crippen molar-refractivity contribution in [1.82, 2.24) is 4.98 Å². The van der Waals surface area contributed by atoms with Crippen LogP contribution in [-0.2, 0) is 6.42 Å². The van der Waals surface area contributed by atoms with E-state index in [2.05, 4.69) is 4.98 Å². The van der Waals surface area contributed by atoms with Crippen molar-refractivity contribution in [2.24, 2.45) is 0 Å². The molecule has 23 heavy (non-hydrogen) atoms. The molecule has 1 aliphatic rings. The van der Waals surface area contributed by atoms with Crippen molar-refractivity contribution in [1.29, 1.82) is 0 Å². The van der Waals surface area contributed by atoms with Gasteiger partial charge in [-0.2, -0.15) is 0 Å². The summed E-state index contributed by atoms with van der Waals surface area (Å²) in [7, 11) is 0. The predicted molar refractivity (Wildman–Crippen MR) is 88.2 cm³/mol. The third-order valence-electron chi connectivity index (χ3n) is 4.01. The SMILES string of the molecule is Nc1ccc(-c2nc(C(=O)N3CCc4ccccc43)co2)cc1. The van der Waals surface area contributed by atoms with Crippen LogP contribution in [0.4, 0.5) is 11.4 Å². The number of amides is 1. The lowest BCUT2D eigenvalue weighted by atomic mass is 10.2. The fraction of sp³-hybridized carbons (Fsp3) is 0.111. The molecule has 2 heterocycles. The summed E-state index contributed by atoms with van der Waals surface area (Å²) in [5, 5.41) is 0. The zero-order valence-electron chi connectivity index (χ0n) is 12.4. The first-order valence-corrected chi connectivity index (χ1v) is 7.43. The molecule has 0 saturated carbocycles. The summed E-state index contributed by atoms with van der Waals surface area (Å²) >= 11 is 0. The van der Waals surface area contributed by atoms with Gasteiger partial charge in [0.25, 0.3) is 5.91 Å². The summed E-state index contributed by atoms with van der Waals surface area (Å²) in [6.07, 6.45) is 2.28. The average molecular weight is 305 g/mol. The van der Waals surface area contributed by atoms with Crippen LogP contribution in [0.3, 0.4) is 0 Å². The molecule has 5 nitrogen and oxygen atoms in total. The number of nitrogens with two attached hydrogens (primary N) is 1. The maximum atomic E-state index is 12.7. The molecule has 0 unspecified atom stereocenters. The lowest BCUT2D eigenvalue weighted by Gasteiger charge is -2.15. The second kappa shape index (κ2) is 5.28. The molecule has 0 bridgehead atoms. The topological polar surface area (TPSA) is 72.4 Å². The molecular formula is C18H15N3O2. The second-order valence-electron chi connectivity index (χ2n) is 5.50. The number of rotatable bonds is 2. The summed E-state index contributed by atoms with van der Waals surface area (Å²) < 4.78 is 5.46. The van der Waals surface area contributed by atoms with Gasteiger partial charge in [0, 0.05) is 23.5 Å². The van der Waals surface area contributed by atoms with Crippen LogP contribution in [0.1, 0.15) is 16.1 Å². The molecule has 0 fully saturated rings. The van der Waals surface area contributed by atoms with Crippen LogP contribution in [0, 0.1) is 0 Å². The molecule has 0 aliphatic carbocycles. The van der Waals surface area contributed by atoms with Crippen LogP contribution in [0.15, 0.2) is 59.2 Å². The van der Waals surface area contributed by atoms with Gasteiger partial charge < -0.3 is 15.1 Å². The fourth-order valence-electron chi connectivity index (χ4n) is 2.82. The first-order valence-electron chi connectivity index (χ1n) is 7.43. The lowest BCUT2D eigenvalue weighted by molar-refractivity contribution is 0.0984. The molecule has 114 valence electrons. The molecule has 0 atom stereocenters. The Hall–Kier alpha value is -3.08. The number of aromatic nitrogens is 1. The lowest BCUT2D eigenvalue weighted by Crippen LogP contribution is -2.29. The van der Waals surface area contributed by atoms with Crippen molar-refractivity contribution < 1.29 is 9.21 Å². The maximum absolute atomic E-state index is 12.7. The van der Waals surface area contributed by atoms with E-state index >= 15 is 0 Å². The van der Waals surface area contributed by atoms with Gasteiger partial charge in [0.2, 0.25) is 5.89 Å². The van der Waals surface area contributed by atoms with Crippen LogP contribution in [0.2, 0.25) is 0 Å². The number of hydrogen-bond acceptors (Lipinski definition) is 4. The van der Waals surface area contributed by atoms with Crippen LogP contribution >= 0.6 is 0 Å². The number of nitrogen functional groups attached to an aromatic ring is 1. The van der Waals surface area contributed by atoms with Crippen molar-refractivity contribution in [2.75, 3.05) is 17.2 Å². The van der Waals surface area contributed by atoms with Crippen molar-refractivity contribution in [3.05, 3.63) is 66.1 Å². The third-order valence-corrected chi connectivity index (χ3v) is 4.01. The number of para-hydroxylation sites is 1. The van der Waals surface area contributed by atoms with Crippen LogP contribution in [0.5, 0.6) is 0 Å². The highest BCUT2D eigenvalue weighted by Gasteiger charge is 2.27. The van der Waals surface area contributed by atoms with Gasteiger partial charge in [-0.3, -0.25) is 4.79 Å². The molecule has 4 rings (SSSR count). The minimum atomic E-state index is -0.139. The molecule has 1 aliphatic heterocycles. The van der Waals surface area contributed by atoms with E-state index in [1.807, 2.05) is 36.4 Å². The van der Waals surface area contributed by atoms with E-state index in [4.69, 9.17) is 10.2 Å². The van der Waals surface area contributed by atoms with E-state index in [0.29, 0.717) is 23.8 Å². The quantitative estimate of drug-likeness (QED) is 0.738. The van der Waals surface area contributed by atoms with Crippen molar-refractivity contribution in [3.63, 3.8) is 0 Å². The van der Waals surface area contributed by atoms with Crippen LogP contribution in [-0.4, -0.2) is 17.4 Å². The average Bonchev–Trinajstić information content (AvgIpc) is 3.22. The molecule has 0 radical (unpaired) electrons. The minimum Gasteiger partial charge on any atom is -0.444 e. The first-order chi connectivity index (χ1) is 11.2. The van der Waals surface area contributed by atoms with Gasteiger partial charge in [0.05, 0.1) is 0 Å². The zero-order chi connectivity index (χ0) is 15.8. The van der Waals surface area contributed by atoms with Gasteiger partial charge in [-0.1, -0.05) is 18.2 Å². The van der Waals surface area contributed by atoms with Gasteiger partial charge in [-0.15, -0.1) is 0 Å². The number of carbonyl (C=O) groups excluding carboxylic acids is 1. The Kier molecular flexibility index (Phi) is 3.12. The van der Waals surface area contributed by atoms with Gasteiger partial charge >= 0.3 is 0 Å². The standard InChI is InChI=1S/C18H15N3O2/c19-14-7-5-13(6-8-14)17-20-15(11-23-17)18(22)21-10-9-12-3-1-2-4-16(12)21/h1-8,11H,9-10,19H2. The number of anilines is 2. The highest BCUT2D eigenvalue weighted by Crippen LogP contribution is 2.29. The highest BCUT2D eigenvalue weighted by molar-refractivity contribution is 6.06. The molecule has 5 heteroatoms. The monoisotopic (exact) mass is 305 g/mol. The Balaban J connectivity index is 1.62. The Labute approximate surface area is 133 Å². The number of nitrogens with zero attached hydrogens (tertiary/aromatic N) is 2. The minimum absolute atomic E-state index is 0.139. The van der Waals surface area contributed by atoms with Crippen LogP contribution in [0.25, 0.3) is 11.5 Å². The van der Waals surface area contributed by atoms with Gasteiger partial charge in [0.1, 0.15) is 6.26 Å². The molecular weight excluding hydrogens is 290 g/mol. The Morgan fingerprint density at radius 1 is 1.13 bits per heavy atom. The van der Waals surface area contributed by atoms with Crippen molar-refractivity contribution >= 4 is 17.3 Å². The Bertz CT molecular complexity index is 868. The number of fused-ring (bicyclic) bond motifs is 1. The number of oxazole rings is 1. The largest absolute Gasteiger partial charge is 0.444 e. The summed E-state index contributed by atoms with van der Waals surface area (Å²) in [6.45, 7) is 0.669. The van der Waals surface area contributed by atoms with E-state index in [1.165, 1.54) is 11.8 Å². The molecule has 1 aromatic heterocycles. The fourth-order valence-corrected chi connectivity index (χ4v) is 2.82. The molecule has 0 spiro atoms. The van der Waals surface area contributed by atoms with Crippen LogP contribution < -0.4 is 10.6 Å². The number of benzene rings is 2. The van der Waals surface area contributed by atoms with Gasteiger partial charge in [-0.05, 0) is 42.3 Å². The predicted octanol–water partition coefficient (Wildman–Crippen LogP) is 3.13.